The van der Waals surface area contributed by atoms with Crippen LogP contribution < -0.4 is 5.32 Å². The van der Waals surface area contributed by atoms with E-state index in [2.05, 4.69) is 5.32 Å². The highest BCUT2D eigenvalue weighted by atomic mass is 32.2. The molecule has 1 amide bonds. The molecule has 0 atom stereocenters. The van der Waals surface area contributed by atoms with Crippen LogP contribution in [0.15, 0.2) is 59.5 Å². The molecule has 0 aliphatic carbocycles. The highest BCUT2D eigenvalue weighted by Crippen LogP contribution is 2.20. The van der Waals surface area contributed by atoms with Gasteiger partial charge in [-0.3, -0.25) is 14.9 Å². The molecular formula is C23H29N3O5S. The zero-order valence-electron chi connectivity index (χ0n) is 18.4. The van der Waals surface area contributed by atoms with E-state index in [9.17, 15) is 23.3 Å². The number of amides is 1. The Balaban J connectivity index is 2.06. The van der Waals surface area contributed by atoms with Crippen LogP contribution in [0.25, 0.3) is 6.08 Å². The molecule has 0 aliphatic heterocycles. The lowest BCUT2D eigenvalue weighted by molar-refractivity contribution is -0.384. The van der Waals surface area contributed by atoms with Crippen LogP contribution >= 0.6 is 0 Å². The summed E-state index contributed by atoms with van der Waals surface area (Å²) < 4.78 is 27.5. The molecule has 8 nitrogen and oxygen atoms in total. The summed E-state index contributed by atoms with van der Waals surface area (Å²) in [5.74, 6) is -0.431. The Morgan fingerprint density at radius 2 is 1.69 bits per heavy atom. The maximum Gasteiger partial charge on any atom is 0.270 e. The van der Waals surface area contributed by atoms with Crippen molar-refractivity contribution in [1.82, 2.24) is 4.31 Å². The number of nitrogens with zero attached hydrogens (tertiary/aromatic N) is 2. The molecule has 32 heavy (non-hydrogen) atoms. The number of carbonyl (C=O) groups excluding carboxylic acids is 1. The van der Waals surface area contributed by atoms with E-state index in [1.165, 1.54) is 40.7 Å². The van der Waals surface area contributed by atoms with Crippen molar-refractivity contribution in [3.05, 3.63) is 70.3 Å². The maximum atomic E-state index is 13.0. The SMILES string of the molecule is CCCCN(CCCC)S(=O)(=O)c1ccc(NC(=O)C=Cc2cccc([N+](=O)[O-])c2)cc1. The molecule has 0 bridgehead atoms. The third kappa shape index (κ3) is 7.28. The quantitative estimate of drug-likeness (QED) is 0.277. The number of nitro benzene ring substituents is 1. The number of unbranched alkanes of at least 4 members (excludes halogenated alkanes) is 2. The molecule has 0 aromatic heterocycles. The van der Waals surface area contributed by atoms with Gasteiger partial charge in [0, 0.05) is 37.0 Å². The number of nitrogens with one attached hydrogen (secondary N) is 1. The van der Waals surface area contributed by atoms with Crippen molar-refractivity contribution in [2.45, 2.75) is 44.4 Å². The van der Waals surface area contributed by atoms with Crippen LogP contribution in [0, 0.1) is 10.1 Å². The van der Waals surface area contributed by atoms with Crippen LogP contribution in [0.5, 0.6) is 0 Å². The first-order chi connectivity index (χ1) is 15.3. The molecule has 172 valence electrons. The highest BCUT2D eigenvalue weighted by molar-refractivity contribution is 7.89. The molecular weight excluding hydrogens is 430 g/mol. The summed E-state index contributed by atoms with van der Waals surface area (Å²) >= 11 is 0. The van der Waals surface area contributed by atoms with Crippen LogP contribution in [0.3, 0.4) is 0 Å². The number of carbonyl (C=O) groups is 1. The Hall–Kier alpha value is -3.04. The second-order valence-electron chi connectivity index (χ2n) is 7.31. The van der Waals surface area contributed by atoms with Crippen LogP contribution in [-0.2, 0) is 14.8 Å². The van der Waals surface area contributed by atoms with E-state index in [-0.39, 0.29) is 10.6 Å². The van der Waals surface area contributed by atoms with Gasteiger partial charge >= 0.3 is 0 Å². The lowest BCUT2D eigenvalue weighted by Crippen LogP contribution is -2.33. The Morgan fingerprint density at radius 1 is 1.06 bits per heavy atom. The minimum atomic E-state index is -3.60. The van der Waals surface area contributed by atoms with Gasteiger partial charge in [0.15, 0.2) is 0 Å². The molecule has 0 aliphatic rings. The molecule has 0 saturated heterocycles. The minimum Gasteiger partial charge on any atom is -0.323 e. The largest absolute Gasteiger partial charge is 0.323 e. The van der Waals surface area contributed by atoms with Gasteiger partial charge in [-0.05, 0) is 48.7 Å². The van der Waals surface area contributed by atoms with Crippen molar-refractivity contribution < 1.29 is 18.1 Å². The Labute approximate surface area is 189 Å². The summed E-state index contributed by atoms with van der Waals surface area (Å²) in [6.45, 7) is 5.02. The molecule has 2 aromatic rings. The maximum absolute atomic E-state index is 13.0. The number of non-ortho nitro benzene ring substituents is 1. The van der Waals surface area contributed by atoms with Gasteiger partial charge in [0.2, 0.25) is 15.9 Å². The van der Waals surface area contributed by atoms with Gasteiger partial charge in [-0.1, -0.05) is 38.8 Å². The van der Waals surface area contributed by atoms with E-state index in [0.717, 1.165) is 25.7 Å². The summed E-state index contributed by atoms with van der Waals surface area (Å²) in [6.07, 6.45) is 6.16. The molecule has 0 radical (unpaired) electrons. The van der Waals surface area contributed by atoms with E-state index in [4.69, 9.17) is 0 Å². The zero-order valence-corrected chi connectivity index (χ0v) is 19.2. The van der Waals surface area contributed by atoms with Crippen molar-refractivity contribution in [1.29, 1.82) is 0 Å². The van der Waals surface area contributed by atoms with Gasteiger partial charge in [0.25, 0.3) is 5.69 Å². The predicted molar refractivity (Wildman–Crippen MR) is 126 cm³/mol. The van der Waals surface area contributed by atoms with Gasteiger partial charge in [0.1, 0.15) is 0 Å². The van der Waals surface area contributed by atoms with Crippen molar-refractivity contribution in [2.24, 2.45) is 0 Å². The fraction of sp³-hybridized carbons (Fsp3) is 0.348. The van der Waals surface area contributed by atoms with Gasteiger partial charge < -0.3 is 5.32 Å². The molecule has 2 aromatic carbocycles. The Bertz CT molecular complexity index is 1040. The summed E-state index contributed by atoms with van der Waals surface area (Å²) in [5.41, 5.74) is 0.914. The van der Waals surface area contributed by atoms with E-state index in [0.29, 0.717) is 24.3 Å². The lowest BCUT2D eigenvalue weighted by atomic mass is 10.2. The van der Waals surface area contributed by atoms with E-state index < -0.39 is 20.9 Å². The normalized spacial score (nSPS) is 11.7. The number of hydrogen-bond acceptors (Lipinski definition) is 5. The van der Waals surface area contributed by atoms with E-state index in [1.54, 1.807) is 24.3 Å². The summed E-state index contributed by atoms with van der Waals surface area (Å²) in [4.78, 5) is 22.7. The van der Waals surface area contributed by atoms with Crippen LogP contribution in [0.4, 0.5) is 11.4 Å². The molecule has 0 unspecified atom stereocenters. The lowest BCUT2D eigenvalue weighted by Gasteiger charge is -2.22. The third-order valence-electron chi connectivity index (χ3n) is 4.79. The molecule has 0 heterocycles. The van der Waals surface area contributed by atoms with Gasteiger partial charge in [-0.25, -0.2) is 8.42 Å². The zero-order chi connectivity index (χ0) is 23.6. The van der Waals surface area contributed by atoms with Crippen molar-refractivity contribution in [3.63, 3.8) is 0 Å². The van der Waals surface area contributed by atoms with E-state index in [1.807, 2.05) is 13.8 Å². The first-order valence-corrected chi connectivity index (χ1v) is 12.1. The summed E-state index contributed by atoms with van der Waals surface area (Å²) in [6, 6.07) is 12.0. The molecule has 0 fully saturated rings. The molecule has 9 heteroatoms. The van der Waals surface area contributed by atoms with Crippen molar-refractivity contribution in [3.8, 4) is 0 Å². The summed E-state index contributed by atoms with van der Waals surface area (Å²) in [7, 11) is -3.60. The number of nitro groups is 1. The molecule has 0 saturated carbocycles. The van der Waals surface area contributed by atoms with Crippen LogP contribution in [-0.4, -0.2) is 36.6 Å². The van der Waals surface area contributed by atoms with Gasteiger partial charge in [0.05, 0.1) is 9.82 Å². The third-order valence-corrected chi connectivity index (χ3v) is 6.70. The topological polar surface area (TPSA) is 110 Å². The second-order valence-corrected chi connectivity index (χ2v) is 9.25. The van der Waals surface area contributed by atoms with Crippen LogP contribution in [0.2, 0.25) is 0 Å². The first kappa shape index (κ1) is 25.2. The average Bonchev–Trinajstić information content (AvgIpc) is 2.78. The Kier molecular flexibility index (Phi) is 9.55. The number of rotatable bonds is 12. The van der Waals surface area contributed by atoms with Crippen LogP contribution in [0.1, 0.15) is 45.1 Å². The van der Waals surface area contributed by atoms with Gasteiger partial charge in [-0.15, -0.1) is 0 Å². The minimum absolute atomic E-state index is 0.0590. The number of hydrogen-bond donors (Lipinski definition) is 1. The fourth-order valence-electron chi connectivity index (χ4n) is 2.98. The van der Waals surface area contributed by atoms with E-state index >= 15 is 0 Å². The van der Waals surface area contributed by atoms with Crippen molar-refractivity contribution in [2.75, 3.05) is 18.4 Å². The first-order valence-electron chi connectivity index (χ1n) is 10.6. The number of benzene rings is 2. The smallest absolute Gasteiger partial charge is 0.270 e. The Morgan fingerprint density at radius 3 is 2.25 bits per heavy atom. The average molecular weight is 460 g/mol. The standard InChI is InChI=1S/C23H29N3O5S/c1-3-5-16-25(17-6-4-2)32(30,31)22-13-11-20(12-14-22)24-23(27)15-10-19-8-7-9-21(18-19)26(28)29/h7-15,18H,3-6,16-17H2,1-2H3,(H,24,27). The predicted octanol–water partition coefficient (Wildman–Crippen LogP) is 4.84. The number of sulfonamides is 1. The second kappa shape index (κ2) is 12.1. The molecule has 0 spiro atoms. The van der Waals surface area contributed by atoms with Crippen molar-refractivity contribution >= 4 is 33.4 Å². The monoisotopic (exact) mass is 459 g/mol. The van der Waals surface area contributed by atoms with Gasteiger partial charge in [-0.2, -0.15) is 4.31 Å². The fourth-order valence-corrected chi connectivity index (χ4v) is 4.50. The highest BCUT2D eigenvalue weighted by Gasteiger charge is 2.23. The molecule has 2 rings (SSSR count). The molecule has 1 N–H and O–H groups in total. The summed E-state index contributed by atoms with van der Waals surface area (Å²) in [5, 5.41) is 13.5. The number of anilines is 1.